The lowest BCUT2D eigenvalue weighted by Crippen LogP contribution is -2.49. The molecule has 5 nitrogen and oxygen atoms in total. The van der Waals surface area contributed by atoms with E-state index < -0.39 is 30.1 Å². The van der Waals surface area contributed by atoms with Crippen molar-refractivity contribution in [3.05, 3.63) is 0 Å². The van der Waals surface area contributed by atoms with Crippen LogP contribution in [-0.2, 0) is 19.1 Å². The van der Waals surface area contributed by atoms with E-state index in [2.05, 4.69) is 4.74 Å². The third-order valence-electron chi connectivity index (χ3n) is 1.70. The zero-order valence-corrected chi connectivity index (χ0v) is 7.26. The number of amides is 1. The second-order valence-electron chi connectivity index (χ2n) is 2.86. The zero-order chi connectivity index (χ0) is 11.6. The standard InChI is InChI=1S/C7H6F3NO4/c8-7(9,10)6(14)11-3-1-2-4(12)15-5(3)13/h3H,1-2H2,(H,11,14). The number of nitrogens with one attached hydrogen (secondary N) is 1. The van der Waals surface area contributed by atoms with Crippen LogP contribution in [0.3, 0.4) is 0 Å². The normalized spacial score (nSPS) is 22.2. The van der Waals surface area contributed by atoms with Crippen molar-refractivity contribution < 1.29 is 32.3 Å². The van der Waals surface area contributed by atoms with Crippen LogP contribution in [-0.4, -0.2) is 30.1 Å². The van der Waals surface area contributed by atoms with Crippen molar-refractivity contribution >= 4 is 17.8 Å². The number of rotatable bonds is 1. The van der Waals surface area contributed by atoms with E-state index >= 15 is 0 Å². The fourth-order valence-electron chi connectivity index (χ4n) is 0.986. The number of cyclic esters (lactones) is 2. The largest absolute Gasteiger partial charge is 0.471 e. The molecule has 1 N–H and O–H groups in total. The van der Waals surface area contributed by atoms with E-state index in [9.17, 15) is 27.6 Å². The Morgan fingerprint density at radius 3 is 2.47 bits per heavy atom. The van der Waals surface area contributed by atoms with E-state index in [4.69, 9.17) is 0 Å². The third kappa shape index (κ3) is 2.93. The lowest BCUT2D eigenvalue weighted by molar-refractivity contribution is -0.178. The van der Waals surface area contributed by atoms with Gasteiger partial charge in [0, 0.05) is 6.42 Å². The highest BCUT2D eigenvalue weighted by molar-refractivity contribution is 5.94. The molecule has 1 fully saturated rings. The Kier molecular flexibility index (Phi) is 2.96. The fraction of sp³-hybridized carbons (Fsp3) is 0.571. The summed E-state index contributed by atoms with van der Waals surface area (Å²) in [5.41, 5.74) is 0. The number of alkyl halides is 3. The van der Waals surface area contributed by atoms with E-state index in [1.807, 2.05) is 0 Å². The average molecular weight is 225 g/mol. The lowest BCUT2D eigenvalue weighted by Gasteiger charge is -2.20. The van der Waals surface area contributed by atoms with Gasteiger partial charge in [-0.2, -0.15) is 13.2 Å². The molecular formula is C7H6F3NO4. The molecule has 1 unspecified atom stereocenters. The highest BCUT2D eigenvalue weighted by Crippen LogP contribution is 2.16. The molecule has 0 aromatic rings. The molecule has 8 heteroatoms. The maximum Gasteiger partial charge on any atom is 0.471 e. The summed E-state index contributed by atoms with van der Waals surface area (Å²) >= 11 is 0. The van der Waals surface area contributed by atoms with Crippen molar-refractivity contribution in [2.75, 3.05) is 0 Å². The van der Waals surface area contributed by atoms with Gasteiger partial charge in [-0.3, -0.25) is 9.59 Å². The molecule has 0 bridgehead atoms. The van der Waals surface area contributed by atoms with Crippen molar-refractivity contribution in [2.45, 2.75) is 25.1 Å². The van der Waals surface area contributed by atoms with E-state index in [0.29, 0.717) is 0 Å². The molecule has 84 valence electrons. The van der Waals surface area contributed by atoms with Crippen LogP contribution >= 0.6 is 0 Å². The molecule has 0 radical (unpaired) electrons. The molecule has 1 amide bonds. The summed E-state index contributed by atoms with van der Waals surface area (Å²) in [6.07, 6.45) is -5.43. The molecule has 1 aliphatic heterocycles. The maximum atomic E-state index is 11.8. The Morgan fingerprint density at radius 2 is 2.00 bits per heavy atom. The van der Waals surface area contributed by atoms with Gasteiger partial charge in [0.15, 0.2) is 0 Å². The summed E-state index contributed by atoms with van der Waals surface area (Å²) in [6.45, 7) is 0. The summed E-state index contributed by atoms with van der Waals surface area (Å²) < 4.78 is 39.4. The van der Waals surface area contributed by atoms with E-state index in [1.54, 1.807) is 0 Å². The molecular weight excluding hydrogens is 219 g/mol. The van der Waals surface area contributed by atoms with E-state index in [1.165, 1.54) is 5.32 Å². The topological polar surface area (TPSA) is 72.5 Å². The number of carbonyl (C=O) groups excluding carboxylic acids is 3. The molecule has 1 saturated heterocycles. The predicted molar refractivity (Wildman–Crippen MR) is 38.3 cm³/mol. The van der Waals surface area contributed by atoms with Crippen LogP contribution < -0.4 is 5.32 Å². The molecule has 0 saturated carbocycles. The van der Waals surface area contributed by atoms with Crippen LogP contribution in [0.25, 0.3) is 0 Å². The molecule has 1 rings (SSSR count). The molecule has 1 heterocycles. The summed E-state index contributed by atoms with van der Waals surface area (Å²) in [6, 6.07) is -1.41. The summed E-state index contributed by atoms with van der Waals surface area (Å²) in [5, 5.41) is 1.44. The molecule has 0 aromatic carbocycles. The van der Waals surface area contributed by atoms with Crippen molar-refractivity contribution in [2.24, 2.45) is 0 Å². The van der Waals surface area contributed by atoms with Crippen molar-refractivity contribution in [1.29, 1.82) is 0 Å². The van der Waals surface area contributed by atoms with Gasteiger partial charge in [-0.15, -0.1) is 0 Å². The van der Waals surface area contributed by atoms with Crippen LogP contribution in [0.4, 0.5) is 13.2 Å². The van der Waals surface area contributed by atoms with Gasteiger partial charge in [0.2, 0.25) is 0 Å². The number of ether oxygens (including phenoxy) is 1. The van der Waals surface area contributed by atoms with E-state index in [0.717, 1.165) is 0 Å². The van der Waals surface area contributed by atoms with Crippen LogP contribution in [0.1, 0.15) is 12.8 Å². The quantitative estimate of drug-likeness (QED) is 0.499. The van der Waals surface area contributed by atoms with Gasteiger partial charge < -0.3 is 10.1 Å². The first-order valence-electron chi connectivity index (χ1n) is 3.93. The Morgan fingerprint density at radius 1 is 1.40 bits per heavy atom. The van der Waals surface area contributed by atoms with Gasteiger partial charge >= 0.3 is 24.0 Å². The first-order chi connectivity index (χ1) is 6.80. The SMILES string of the molecule is O=C1CCC(NC(=O)C(F)(F)F)C(=O)O1. The third-order valence-corrected chi connectivity index (χ3v) is 1.70. The molecule has 0 spiro atoms. The minimum Gasteiger partial charge on any atom is -0.392 e. The van der Waals surface area contributed by atoms with Gasteiger partial charge in [0.25, 0.3) is 0 Å². The molecule has 1 atom stereocenters. The van der Waals surface area contributed by atoms with Gasteiger partial charge in [-0.05, 0) is 6.42 Å². The summed E-state index contributed by atoms with van der Waals surface area (Å²) in [4.78, 5) is 31.8. The minimum atomic E-state index is -5.05. The Balaban J connectivity index is 2.56. The molecule has 1 aliphatic rings. The highest BCUT2D eigenvalue weighted by atomic mass is 19.4. The molecule has 0 aliphatic carbocycles. The Hall–Kier alpha value is -1.60. The van der Waals surface area contributed by atoms with Gasteiger partial charge in [-0.1, -0.05) is 0 Å². The monoisotopic (exact) mass is 225 g/mol. The summed E-state index contributed by atoms with van der Waals surface area (Å²) in [7, 11) is 0. The Labute approximate surface area is 81.6 Å². The number of halogens is 3. The van der Waals surface area contributed by atoms with Crippen LogP contribution in [0.15, 0.2) is 0 Å². The summed E-state index contributed by atoms with van der Waals surface area (Å²) in [5.74, 6) is -4.19. The average Bonchev–Trinajstić information content (AvgIpc) is 2.08. The number of carbonyl (C=O) groups is 3. The van der Waals surface area contributed by atoms with Gasteiger partial charge in [-0.25, -0.2) is 4.79 Å². The highest BCUT2D eigenvalue weighted by Gasteiger charge is 2.42. The van der Waals surface area contributed by atoms with Crippen LogP contribution in [0.2, 0.25) is 0 Å². The number of esters is 2. The lowest BCUT2D eigenvalue weighted by atomic mass is 10.1. The van der Waals surface area contributed by atoms with Gasteiger partial charge in [0.05, 0.1) is 0 Å². The van der Waals surface area contributed by atoms with Crippen molar-refractivity contribution in [3.8, 4) is 0 Å². The maximum absolute atomic E-state index is 11.8. The Bertz CT molecular complexity index is 312. The first kappa shape index (κ1) is 11.5. The van der Waals surface area contributed by atoms with Gasteiger partial charge in [0.1, 0.15) is 6.04 Å². The smallest absolute Gasteiger partial charge is 0.392 e. The number of hydrogen-bond donors (Lipinski definition) is 1. The predicted octanol–water partition coefficient (Wildman–Crippen LogP) is -0.103. The van der Waals surface area contributed by atoms with E-state index in [-0.39, 0.29) is 12.8 Å². The van der Waals surface area contributed by atoms with Crippen LogP contribution in [0, 0.1) is 0 Å². The first-order valence-corrected chi connectivity index (χ1v) is 3.93. The zero-order valence-electron chi connectivity index (χ0n) is 7.26. The van der Waals surface area contributed by atoms with Crippen molar-refractivity contribution in [3.63, 3.8) is 0 Å². The minimum absolute atomic E-state index is 0.181. The second-order valence-corrected chi connectivity index (χ2v) is 2.86. The second kappa shape index (κ2) is 3.87. The van der Waals surface area contributed by atoms with Crippen LogP contribution in [0.5, 0.6) is 0 Å². The fourth-order valence-corrected chi connectivity index (χ4v) is 0.986. The molecule has 15 heavy (non-hydrogen) atoms. The molecule has 0 aromatic heterocycles. The van der Waals surface area contributed by atoms with Crippen molar-refractivity contribution in [1.82, 2.24) is 5.32 Å². The number of hydrogen-bond acceptors (Lipinski definition) is 4.